The van der Waals surface area contributed by atoms with Crippen molar-refractivity contribution in [2.24, 2.45) is 7.05 Å². The van der Waals surface area contributed by atoms with Gasteiger partial charge < -0.3 is 5.32 Å². The Hall–Kier alpha value is -1.50. The molecule has 6 nitrogen and oxygen atoms in total. The quantitative estimate of drug-likeness (QED) is 0.906. The molecule has 1 aliphatic heterocycles. The van der Waals surface area contributed by atoms with Crippen molar-refractivity contribution in [3.8, 4) is 0 Å². The van der Waals surface area contributed by atoms with E-state index in [-0.39, 0.29) is 12.4 Å². The van der Waals surface area contributed by atoms with Crippen molar-refractivity contribution in [1.29, 1.82) is 0 Å². The average molecular weight is 295 g/mol. The SMILES string of the molecule is Cl.Cn1cc(CN2CCNCC2c2cccnc2)nn1. The van der Waals surface area contributed by atoms with Crippen LogP contribution in [0.2, 0.25) is 0 Å². The molecule has 0 bridgehead atoms. The molecule has 1 atom stereocenters. The van der Waals surface area contributed by atoms with Gasteiger partial charge in [-0.1, -0.05) is 11.3 Å². The molecule has 0 amide bonds. The van der Waals surface area contributed by atoms with E-state index < -0.39 is 0 Å². The Labute approximate surface area is 124 Å². The molecule has 1 N–H and O–H groups in total. The van der Waals surface area contributed by atoms with Crippen LogP contribution >= 0.6 is 12.4 Å². The van der Waals surface area contributed by atoms with Crippen LogP contribution in [0.1, 0.15) is 17.3 Å². The third kappa shape index (κ3) is 3.33. The van der Waals surface area contributed by atoms with Crippen LogP contribution < -0.4 is 5.32 Å². The first kappa shape index (κ1) is 14.9. The summed E-state index contributed by atoms with van der Waals surface area (Å²) in [7, 11) is 1.90. The lowest BCUT2D eigenvalue weighted by atomic mass is 10.1. The number of hydrogen-bond acceptors (Lipinski definition) is 5. The van der Waals surface area contributed by atoms with Crippen LogP contribution in [0.25, 0.3) is 0 Å². The fourth-order valence-electron chi connectivity index (χ4n) is 2.51. The maximum Gasteiger partial charge on any atom is 0.0967 e. The number of pyridine rings is 1. The first-order valence-electron chi connectivity index (χ1n) is 6.53. The fourth-order valence-corrected chi connectivity index (χ4v) is 2.51. The van der Waals surface area contributed by atoms with Gasteiger partial charge in [-0.25, -0.2) is 0 Å². The van der Waals surface area contributed by atoms with Crippen LogP contribution in [0.3, 0.4) is 0 Å². The molecule has 1 unspecified atom stereocenters. The van der Waals surface area contributed by atoms with Gasteiger partial charge in [0.2, 0.25) is 0 Å². The van der Waals surface area contributed by atoms with E-state index in [9.17, 15) is 0 Å². The first-order chi connectivity index (χ1) is 9.33. The highest BCUT2D eigenvalue weighted by Gasteiger charge is 2.24. The fraction of sp³-hybridized carbons (Fsp3) is 0.462. The van der Waals surface area contributed by atoms with Gasteiger partial charge in [0.15, 0.2) is 0 Å². The number of nitrogens with one attached hydrogen (secondary N) is 1. The molecule has 108 valence electrons. The molecule has 0 radical (unpaired) electrons. The van der Waals surface area contributed by atoms with Gasteiger partial charge in [0.05, 0.1) is 5.69 Å². The molecule has 3 heterocycles. The normalized spacial score (nSPS) is 19.6. The lowest BCUT2D eigenvalue weighted by Crippen LogP contribution is -2.45. The van der Waals surface area contributed by atoms with Crippen molar-refractivity contribution in [1.82, 2.24) is 30.2 Å². The van der Waals surface area contributed by atoms with Crippen molar-refractivity contribution in [3.05, 3.63) is 42.0 Å². The van der Waals surface area contributed by atoms with E-state index >= 15 is 0 Å². The standard InChI is InChI=1S/C13H18N6.ClH/c1-18-9-12(16-17-18)10-19-6-5-15-8-13(19)11-3-2-4-14-7-11;/h2-4,7,9,13,15H,5-6,8,10H2,1H3;1H. The van der Waals surface area contributed by atoms with Crippen molar-refractivity contribution >= 4 is 12.4 Å². The van der Waals surface area contributed by atoms with E-state index in [2.05, 4.69) is 31.6 Å². The summed E-state index contributed by atoms with van der Waals surface area (Å²) in [5, 5.41) is 11.6. The lowest BCUT2D eigenvalue weighted by Gasteiger charge is -2.35. The summed E-state index contributed by atoms with van der Waals surface area (Å²) >= 11 is 0. The monoisotopic (exact) mass is 294 g/mol. The molecule has 2 aromatic rings. The summed E-state index contributed by atoms with van der Waals surface area (Å²) in [4.78, 5) is 6.65. The molecule has 1 aliphatic rings. The highest BCUT2D eigenvalue weighted by Crippen LogP contribution is 2.22. The van der Waals surface area contributed by atoms with Gasteiger partial charge >= 0.3 is 0 Å². The zero-order chi connectivity index (χ0) is 13.1. The predicted octanol–water partition coefficient (Wildman–Crippen LogP) is 0.778. The van der Waals surface area contributed by atoms with Crippen LogP contribution in [0.15, 0.2) is 30.7 Å². The number of aryl methyl sites for hydroxylation is 1. The minimum absolute atomic E-state index is 0. The van der Waals surface area contributed by atoms with Gasteiger partial charge in [0, 0.05) is 57.9 Å². The number of hydrogen-bond donors (Lipinski definition) is 1. The van der Waals surface area contributed by atoms with Gasteiger partial charge in [0.1, 0.15) is 0 Å². The predicted molar refractivity (Wildman–Crippen MR) is 78.5 cm³/mol. The zero-order valence-corrected chi connectivity index (χ0v) is 12.3. The van der Waals surface area contributed by atoms with E-state index in [0.29, 0.717) is 6.04 Å². The van der Waals surface area contributed by atoms with E-state index in [0.717, 1.165) is 31.9 Å². The molecule has 0 saturated carbocycles. The smallest absolute Gasteiger partial charge is 0.0967 e. The molecule has 0 aliphatic carbocycles. The molecule has 20 heavy (non-hydrogen) atoms. The summed E-state index contributed by atoms with van der Waals surface area (Å²) in [5.74, 6) is 0. The molecule has 1 saturated heterocycles. The number of aromatic nitrogens is 4. The number of nitrogens with zero attached hydrogens (tertiary/aromatic N) is 5. The van der Waals surface area contributed by atoms with Gasteiger partial charge in [-0.15, -0.1) is 17.5 Å². The minimum Gasteiger partial charge on any atom is -0.314 e. The second-order valence-electron chi connectivity index (χ2n) is 4.86. The van der Waals surface area contributed by atoms with E-state index in [1.54, 1.807) is 4.68 Å². The number of halogens is 1. The molecular formula is C13H19ClN6. The van der Waals surface area contributed by atoms with Crippen molar-refractivity contribution in [3.63, 3.8) is 0 Å². The van der Waals surface area contributed by atoms with Gasteiger partial charge in [-0.05, 0) is 11.6 Å². The Balaban J connectivity index is 0.00000147. The third-order valence-electron chi connectivity index (χ3n) is 3.44. The average Bonchev–Trinajstić information content (AvgIpc) is 2.86. The summed E-state index contributed by atoms with van der Waals surface area (Å²) in [6.45, 7) is 3.80. The topological polar surface area (TPSA) is 58.9 Å². The molecule has 7 heteroatoms. The van der Waals surface area contributed by atoms with Crippen LogP contribution in [0.4, 0.5) is 0 Å². The largest absolute Gasteiger partial charge is 0.314 e. The van der Waals surface area contributed by atoms with Crippen LogP contribution in [-0.2, 0) is 13.6 Å². The Morgan fingerprint density at radius 2 is 2.35 bits per heavy atom. The molecule has 2 aromatic heterocycles. The highest BCUT2D eigenvalue weighted by molar-refractivity contribution is 5.85. The second kappa shape index (κ2) is 6.78. The maximum atomic E-state index is 4.22. The van der Waals surface area contributed by atoms with Crippen LogP contribution in [0, 0.1) is 0 Å². The molecule has 0 spiro atoms. The van der Waals surface area contributed by atoms with Crippen LogP contribution in [0.5, 0.6) is 0 Å². The van der Waals surface area contributed by atoms with E-state index in [1.807, 2.05) is 31.7 Å². The van der Waals surface area contributed by atoms with Gasteiger partial charge in [-0.2, -0.15) is 0 Å². The first-order valence-corrected chi connectivity index (χ1v) is 6.53. The van der Waals surface area contributed by atoms with Gasteiger partial charge in [-0.3, -0.25) is 14.6 Å². The summed E-state index contributed by atoms with van der Waals surface area (Å²) in [6, 6.07) is 4.48. The summed E-state index contributed by atoms with van der Waals surface area (Å²) in [5.41, 5.74) is 2.26. The van der Waals surface area contributed by atoms with E-state index in [1.165, 1.54) is 5.56 Å². The third-order valence-corrected chi connectivity index (χ3v) is 3.44. The molecule has 0 aromatic carbocycles. The van der Waals surface area contributed by atoms with E-state index in [4.69, 9.17) is 0 Å². The Bertz CT molecular complexity index is 529. The molecule has 1 fully saturated rings. The second-order valence-corrected chi connectivity index (χ2v) is 4.86. The summed E-state index contributed by atoms with van der Waals surface area (Å²) < 4.78 is 1.75. The van der Waals surface area contributed by atoms with Crippen molar-refractivity contribution < 1.29 is 0 Å². The van der Waals surface area contributed by atoms with Crippen LogP contribution in [-0.4, -0.2) is 44.5 Å². The zero-order valence-electron chi connectivity index (χ0n) is 11.4. The van der Waals surface area contributed by atoms with Crippen molar-refractivity contribution in [2.75, 3.05) is 19.6 Å². The lowest BCUT2D eigenvalue weighted by molar-refractivity contribution is 0.151. The molecule has 3 rings (SSSR count). The Kier molecular flexibility index (Phi) is 5.05. The summed E-state index contributed by atoms with van der Waals surface area (Å²) in [6.07, 6.45) is 5.73. The number of piperazine rings is 1. The minimum atomic E-state index is 0. The van der Waals surface area contributed by atoms with Gasteiger partial charge in [0.25, 0.3) is 0 Å². The molecular weight excluding hydrogens is 276 g/mol. The van der Waals surface area contributed by atoms with Crippen molar-refractivity contribution in [2.45, 2.75) is 12.6 Å². The Morgan fingerprint density at radius 1 is 1.45 bits per heavy atom. The highest BCUT2D eigenvalue weighted by atomic mass is 35.5. The Morgan fingerprint density at radius 3 is 3.05 bits per heavy atom. The maximum absolute atomic E-state index is 4.22. The number of rotatable bonds is 3.